The Bertz CT molecular complexity index is 439. The molecule has 0 bridgehead atoms. The van der Waals surface area contributed by atoms with Crippen molar-refractivity contribution in [3.8, 4) is 5.75 Å². The third kappa shape index (κ3) is 2.79. The van der Waals surface area contributed by atoms with Crippen LogP contribution in [0.2, 0.25) is 0 Å². The molecule has 1 aromatic rings. The van der Waals surface area contributed by atoms with Gasteiger partial charge in [-0.05, 0) is 57.2 Å². The number of rotatable bonds is 2. The average molecular weight is 259 g/mol. The number of nitrogens with zero attached hydrogens (tertiary/aromatic N) is 1. The zero-order valence-corrected chi connectivity index (χ0v) is 12.0. The van der Waals surface area contributed by atoms with Gasteiger partial charge in [0.15, 0.2) is 0 Å². The highest BCUT2D eigenvalue weighted by atomic mass is 16.3. The summed E-state index contributed by atoms with van der Waals surface area (Å²) in [6.45, 7) is 5.40. The van der Waals surface area contributed by atoms with Crippen molar-refractivity contribution in [2.24, 2.45) is 5.41 Å². The maximum absolute atomic E-state index is 9.94. The van der Waals surface area contributed by atoms with E-state index in [4.69, 9.17) is 0 Å². The fourth-order valence-corrected chi connectivity index (χ4v) is 3.89. The molecule has 0 unspecified atom stereocenters. The van der Waals surface area contributed by atoms with Crippen LogP contribution in [0.4, 0.5) is 0 Å². The van der Waals surface area contributed by atoms with E-state index in [-0.39, 0.29) is 0 Å². The van der Waals surface area contributed by atoms with Crippen LogP contribution >= 0.6 is 0 Å². The topological polar surface area (TPSA) is 23.5 Å². The van der Waals surface area contributed by atoms with Crippen molar-refractivity contribution in [1.29, 1.82) is 0 Å². The highest BCUT2D eigenvalue weighted by Gasteiger charge is 2.36. The summed E-state index contributed by atoms with van der Waals surface area (Å²) in [7, 11) is 0. The van der Waals surface area contributed by atoms with Crippen molar-refractivity contribution < 1.29 is 5.11 Å². The van der Waals surface area contributed by atoms with Gasteiger partial charge >= 0.3 is 0 Å². The minimum absolute atomic E-state index is 0.451. The lowest BCUT2D eigenvalue weighted by molar-refractivity contribution is 0.103. The monoisotopic (exact) mass is 259 g/mol. The Hall–Kier alpha value is -1.02. The van der Waals surface area contributed by atoms with Gasteiger partial charge in [-0.15, -0.1) is 0 Å². The first kappa shape index (κ1) is 13.0. The molecule has 1 spiro atoms. The van der Waals surface area contributed by atoms with E-state index in [1.54, 1.807) is 0 Å². The van der Waals surface area contributed by atoms with Crippen LogP contribution < -0.4 is 0 Å². The predicted molar refractivity (Wildman–Crippen MR) is 78.3 cm³/mol. The second-order valence-electron chi connectivity index (χ2n) is 6.62. The van der Waals surface area contributed by atoms with Crippen LogP contribution in [0.3, 0.4) is 0 Å². The van der Waals surface area contributed by atoms with Crippen LogP contribution in [0.15, 0.2) is 18.2 Å². The van der Waals surface area contributed by atoms with Gasteiger partial charge in [-0.25, -0.2) is 0 Å². The van der Waals surface area contributed by atoms with Gasteiger partial charge in [0.05, 0.1) is 0 Å². The second kappa shape index (κ2) is 5.16. The molecule has 0 aromatic heterocycles. The van der Waals surface area contributed by atoms with Crippen molar-refractivity contribution in [1.82, 2.24) is 4.90 Å². The zero-order chi connectivity index (χ0) is 13.3. The first-order valence-corrected chi connectivity index (χ1v) is 7.68. The summed E-state index contributed by atoms with van der Waals surface area (Å²) >= 11 is 0. The Balaban J connectivity index is 1.61. The van der Waals surface area contributed by atoms with Gasteiger partial charge < -0.3 is 5.11 Å². The maximum atomic E-state index is 9.94. The first-order chi connectivity index (χ1) is 9.17. The zero-order valence-electron chi connectivity index (χ0n) is 12.0. The van der Waals surface area contributed by atoms with Gasteiger partial charge in [0.25, 0.3) is 0 Å². The van der Waals surface area contributed by atoms with Gasteiger partial charge in [0.1, 0.15) is 5.75 Å². The number of aryl methyl sites for hydroxylation is 1. The molecule has 3 rings (SSSR count). The minimum Gasteiger partial charge on any atom is -0.508 e. The molecule has 104 valence electrons. The SMILES string of the molecule is Cc1ccc(O)c(CN2CCC3(CCCC3)CC2)c1. The van der Waals surface area contributed by atoms with Crippen molar-refractivity contribution >= 4 is 0 Å². The molecular formula is C17H25NO. The minimum atomic E-state index is 0.451. The lowest BCUT2D eigenvalue weighted by atomic mass is 9.77. The Morgan fingerprint density at radius 3 is 2.47 bits per heavy atom. The van der Waals surface area contributed by atoms with Crippen molar-refractivity contribution in [2.45, 2.75) is 52.0 Å². The Kier molecular flexibility index (Phi) is 3.53. The molecule has 2 heteroatoms. The number of hydrogen-bond acceptors (Lipinski definition) is 2. The van der Waals surface area contributed by atoms with Crippen LogP contribution in [0.5, 0.6) is 5.75 Å². The van der Waals surface area contributed by atoms with Crippen molar-refractivity contribution in [3.63, 3.8) is 0 Å². The normalized spacial score (nSPS) is 23.0. The smallest absolute Gasteiger partial charge is 0.120 e. The van der Waals surface area contributed by atoms with E-state index in [9.17, 15) is 5.11 Å². The molecule has 1 N–H and O–H groups in total. The Morgan fingerprint density at radius 1 is 1.11 bits per heavy atom. The molecule has 1 saturated heterocycles. The summed E-state index contributed by atoms with van der Waals surface area (Å²) in [6.07, 6.45) is 8.52. The van der Waals surface area contributed by atoms with E-state index in [0.29, 0.717) is 11.2 Å². The molecule has 19 heavy (non-hydrogen) atoms. The van der Waals surface area contributed by atoms with Gasteiger partial charge in [-0.1, -0.05) is 30.5 Å². The maximum Gasteiger partial charge on any atom is 0.120 e. The van der Waals surface area contributed by atoms with E-state index in [1.807, 2.05) is 12.1 Å². The van der Waals surface area contributed by atoms with E-state index in [2.05, 4.69) is 17.9 Å². The molecule has 0 amide bonds. The lowest BCUT2D eigenvalue weighted by Gasteiger charge is -2.39. The van der Waals surface area contributed by atoms with Crippen LogP contribution in [0, 0.1) is 12.3 Å². The number of likely N-dealkylation sites (tertiary alicyclic amines) is 1. The van der Waals surface area contributed by atoms with Gasteiger partial charge in [-0.3, -0.25) is 4.90 Å². The summed E-state index contributed by atoms with van der Waals surface area (Å²) in [4.78, 5) is 2.51. The highest BCUT2D eigenvalue weighted by molar-refractivity contribution is 5.35. The molecule has 1 aromatic carbocycles. The summed E-state index contributed by atoms with van der Waals surface area (Å²) in [6, 6.07) is 5.92. The summed E-state index contributed by atoms with van der Waals surface area (Å²) in [5.41, 5.74) is 3.00. The Morgan fingerprint density at radius 2 is 1.79 bits per heavy atom. The third-order valence-electron chi connectivity index (χ3n) is 5.21. The highest BCUT2D eigenvalue weighted by Crippen LogP contribution is 2.46. The molecule has 1 heterocycles. The number of phenols is 1. The third-order valence-corrected chi connectivity index (χ3v) is 5.21. The number of aromatic hydroxyl groups is 1. The molecule has 1 saturated carbocycles. The number of benzene rings is 1. The van der Waals surface area contributed by atoms with Crippen LogP contribution in [0.25, 0.3) is 0 Å². The second-order valence-corrected chi connectivity index (χ2v) is 6.62. The van der Waals surface area contributed by atoms with Crippen LogP contribution in [-0.4, -0.2) is 23.1 Å². The summed E-state index contributed by atoms with van der Waals surface area (Å²) in [5, 5.41) is 9.94. The quantitative estimate of drug-likeness (QED) is 0.872. The molecule has 2 fully saturated rings. The Labute approximate surface area is 116 Å². The number of piperidine rings is 1. The van der Waals surface area contributed by atoms with E-state index in [1.165, 1.54) is 57.2 Å². The molecule has 2 nitrogen and oxygen atoms in total. The fourth-order valence-electron chi connectivity index (χ4n) is 3.89. The molecule has 0 atom stereocenters. The standard InChI is InChI=1S/C17H25NO/c1-14-4-5-16(19)15(12-14)13-18-10-8-17(9-11-18)6-2-3-7-17/h4-5,12,19H,2-3,6-11,13H2,1H3. The van der Waals surface area contributed by atoms with E-state index < -0.39 is 0 Å². The lowest BCUT2D eigenvalue weighted by Crippen LogP contribution is -2.38. The van der Waals surface area contributed by atoms with E-state index in [0.717, 1.165) is 12.1 Å². The van der Waals surface area contributed by atoms with Crippen LogP contribution in [0.1, 0.15) is 49.7 Å². The molecule has 2 aliphatic rings. The number of phenolic OH excluding ortho intramolecular Hbond substituents is 1. The number of hydrogen-bond donors (Lipinski definition) is 1. The molecular weight excluding hydrogens is 234 g/mol. The predicted octanol–water partition coefficient (Wildman–Crippen LogP) is 3.86. The van der Waals surface area contributed by atoms with E-state index >= 15 is 0 Å². The summed E-state index contributed by atoms with van der Waals surface area (Å²) < 4.78 is 0. The van der Waals surface area contributed by atoms with Gasteiger partial charge in [-0.2, -0.15) is 0 Å². The summed E-state index contributed by atoms with van der Waals surface area (Å²) in [5.74, 6) is 0.451. The van der Waals surface area contributed by atoms with Crippen molar-refractivity contribution in [2.75, 3.05) is 13.1 Å². The first-order valence-electron chi connectivity index (χ1n) is 7.68. The average Bonchev–Trinajstić information content (AvgIpc) is 2.85. The molecule has 1 aliphatic heterocycles. The largest absolute Gasteiger partial charge is 0.508 e. The van der Waals surface area contributed by atoms with Gasteiger partial charge in [0.2, 0.25) is 0 Å². The molecule has 0 radical (unpaired) electrons. The van der Waals surface area contributed by atoms with Crippen LogP contribution in [-0.2, 0) is 6.54 Å². The molecule has 1 aliphatic carbocycles. The fraction of sp³-hybridized carbons (Fsp3) is 0.647. The van der Waals surface area contributed by atoms with Gasteiger partial charge in [0, 0.05) is 12.1 Å². The van der Waals surface area contributed by atoms with Crippen molar-refractivity contribution in [3.05, 3.63) is 29.3 Å².